The van der Waals surface area contributed by atoms with Crippen LogP contribution in [-0.4, -0.2) is 35.1 Å². The van der Waals surface area contributed by atoms with Crippen LogP contribution in [-0.2, 0) is 13.7 Å². The average molecular weight is 376 g/mol. The van der Waals surface area contributed by atoms with Gasteiger partial charge in [0.2, 0.25) is 4.77 Å². The first-order chi connectivity index (χ1) is 12.6. The van der Waals surface area contributed by atoms with E-state index < -0.39 is 0 Å². The van der Waals surface area contributed by atoms with Gasteiger partial charge >= 0.3 is 0 Å². The summed E-state index contributed by atoms with van der Waals surface area (Å²) in [4.78, 5) is 1.49. The smallest absolute Gasteiger partial charge is 0.202 e. The third-order valence-electron chi connectivity index (χ3n) is 5.67. The second kappa shape index (κ2) is 7.04. The van der Waals surface area contributed by atoms with Gasteiger partial charge in [-0.15, -0.1) is 0 Å². The lowest BCUT2D eigenvalue weighted by molar-refractivity contribution is -0.941. The Hall–Kier alpha value is -1.86. The number of quaternary nitrogens is 1. The van der Waals surface area contributed by atoms with Gasteiger partial charge in [-0.1, -0.05) is 0 Å². The van der Waals surface area contributed by atoms with Crippen LogP contribution in [0.25, 0.3) is 0 Å². The minimum absolute atomic E-state index is 0.393. The molecule has 2 aromatic rings. The summed E-state index contributed by atoms with van der Waals surface area (Å²) in [5.41, 5.74) is 1.24. The van der Waals surface area contributed by atoms with Gasteiger partial charge in [0.1, 0.15) is 23.4 Å². The fourth-order valence-corrected chi connectivity index (χ4v) is 4.28. The second-order valence-corrected chi connectivity index (χ2v) is 7.71. The Labute approximate surface area is 159 Å². The fourth-order valence-electron chi connectivity index (χ4n) is 4.08. The molecular weight excluding hydrogens is 348 g/mol. The van der Waals surface area contributed by atoms with Gasteiger partial charge in [0.15, 0.2) is 6.67 Å². The summed E-state index contributed by atoms with van der Waals surface area (Å²) >= 11 is 5.64. The highest BCUT2D eigenvalue weighted by Crippen LogP contribution is 2.38. The number of rotatable bonds is 6. The molecule has 6 nitrogen and oxygen atoms in total. The standard InChI is InChI=1S/C19H26N4O2S/c1-21-18(13-6-7-13)20-23(19(21)26)12-22-10-4-5-16(22)15-9-8-14(24-2)11-17(15)25-3/h8-9,11,13,16H,4-7,10,12H2,1-3H3/p+1/t16-/m0/s1. The Bertz CT molecular complexity index is 856. The van der Waals surface area contributed by atoms with Gasteiger partial charge in [-0.2, -0.15) is 9.78 Å². The molecule has 4 rings (SSSR count). The first-order valence-electron chi connectivity index (χ1n) is 9.32. The van der Waals surface area contributed by atoms with E-state index >= 15 is 0 Å². The molecule has 1 aromatic heterocycles. The predicted molar refractivity (Wildman–Crippen MR) is 101 cm³/mol. The van der Waals surface area contributed by atoms with Crippen molar-refractivity contribution in [3.63, 3.8) is 0 Å². The van der Waals surface area contributed by atoms with Crippen LogP contribution >= 0.6 is 12.2 Å². The summed E-state index contributed by atoms with van der Waals surface area (Å²) in [5, 5.41) is 4.84. The zero-order chi connectivity index (χ0) is 18.3. The summed E-state index contributed by atoms with van der Waals surface area (Å²) in [5.74, 6) is 3.48. The van der Waals surface area contributed by atoms with Crippen molar-refractivity contribution < 1.29 is 14.4 Å². The van der Waals surface area contributed by atoms with Crippen LogP contribution < -0.4 is 14.4 Å². The Kier molecular flexibility index (Phi) is 4.75. The number of likely N-dealkylation sites (tertiary alicyclic amines) is 1. The molecule has 0 amide bonds. The molecule has 1 N–H and O–H groups in total. The molecule has 7 heteroatoms. The van der Waals surface area contributed by atoms with Crippen LogP contribution in [0.2, 0.25) is 0 Å². The summed E-state index contributed by atoms with van der Waals surface area (Å²) in [6.45, 7) is 1.93. The van der Waals surface area contributed by atoms with Crippen LogP contribution in [0.5, 0.6) is 11.5 Å². The van der Waals surface area contributed by atoms with Crippen molar-refractivity contribution in [2.24, 2.45) is 7.05 Å². The van der Waals surface area contributed by atoms with E-state index in [0.29, 0.717) is 12.0 Å². The maximum absolute atomic E-state index is 5.65. The molecule has 1 saturated heterocycles. The summed E-state index contributed by atoms with van der Waals surface area (Å²) in [6.07, 6.45) is 4.82. The molecule has 1 aliphatic heterocycles. The fraction of sp³-hybridized carbons (Fsp3) is 0.579. The van der Waals surface area contributed by atoms with Crippen molar-refractivity contribution in [1.82, 2.24) is 14.3 Å². The molecular formula is C19H27N4O2S+. The highest BCUT2D eigenvalue weighted by molar-refractivity contribution is 7.71. The van der Waals surface area contributed by atoms with E-state index in [1.54, 1.807) is 14.2 Å². The quantitative estimate of drug-likeness (QED) is 0.787. The Morgan fingerprint density at radius 2 is 2.04 bits per heavy atom. The van der Waals surface area contributed by atoms with E-state index in [2.05, 4.69) is 10.6 Å². The lowest BCUT2D eigenvalue weighted by Crippen LogP contribution is -3.09. The molecule has 1 aromatic carbocycles. The van der Waals surface area contributed by atoms with Gasteiger partial charge < -0.3 is 18.9 Å². The molecule has 1 aliphatic carbocycles. The van der Waals surface area contributed by atoms with Gasteiger partial charge in [-0.3, -0.25) is 0 Å². The van der Waals surface area contributed by atoms with Crippen LogP contribution in [0.3, 0.4) is 0 Å². The molecule has 0 spiro atoms. The van der Waals surface area contributed by atoms with E-state index in [1.807, 2.05) is 23.9 Å². The van der Waals surface area contributed by atoms with E-state index in [0.717, 1.165) is 41.7 Å². The van der Waals surface area contributed by atoms with Gasteiger partial charge in [0, 0.05) is 31.9 Å². The maximum Gasteiger partial charge on any atom is 0.202 e. The van der Waals surface area contributed by atoms with Gasteiger partial charge in [-0.25, -0.2) is 0 Å². The van der Waals surface area contributed by atoms with Gasteiger partial charge in [0.25, 0.3) is 0 Å². The Morgan fingerprint density at radius 3 is 2.73 bits per heavy atom. The number of hydrogen-bond donors (Lipinski definition) is 1. The summed E-state index contributed by atoms with van der Waals surface area (Å²) in [7, 11) is 5.45. The number of aromatic nitrogens is 3. The molecule has 0 bridgehead atoms. The summed E-state index contributed by atoms with van der Waals surface area (Å²) in [6, 6.07) is 6.53. The van der Waals surface area contributed by atoms with Crippen molar-refractivity contribution in [2.75, 3.05) is 20.8 Å². The highest BCUT2D eigenvalue weighted by Gasteiger charge is 2.34. The van der Waals surface area contributed by atoms with Crippen molar-refractivity contribution in [3.8, 4) is 11.5 Å². The van der Waals surface area contributed by atoms with E-state index in [-0.39, 0.29) is 0 Å². The third kappa shape index (κ3) is 3.14. The second-order valence-electron chi connectivity index (χ2n) is 7.34. The van der Waals surface area contributed by atoms with Crippen LogP contribution in [0, 0.1) is 4.77 Å². The first kappa shape index (κ1) is 17.5. The Morgan fingerprint density at radius 1 is 1.23 bits per heavy atom. The minimum Gasteiger partial charge on any atom is -0.497 e. The highest BCUT2D eigenvalue weighted by atomic mass is 32.1. The van der Waals surface area contributed by atoms with Crippen molar-refractivity contribution in [2.45, 2.75) is 44.3 Å². The van der Waals surface area contributed by atoms with E-state index in [1.165, 1.54) is 29.7 Å². The number of nitrogens with zero attached hydrogens (tertiary/aromatic N) is 3. The monoisotopic (exact) mass is 375 g/mol. The largest absolute Gasteiger partial charge is 0.497 e. The number of hydrogen-bond acceptors (Lipinski definition) is 4. The van der Waals surface area contributed by atoms with Crippen LogP contribution in [0.4, 0.5) is 0 Å². The zero-order valence-electron chi connectivity index (χ0n) is 15.7. The number of benzene rings is 1. The molecule has 0 radical (unpaired) electrons. The molecule has 1 saturated carbocycles. The molecule has 2 aliphatic rings. The molecule has 1 unspecified atom stereocenters. The SMILES string of the molecule is COc1ccc([C@@H]2CCC[NH+]2Cn2nc(C3CC3)n(C)c2=S)c(OC)c1. The van der Waals surface area contributed by atoms with Crippen molar-refractivity contribution in [1.29, 1.82) is 0 Å². The third-order valence-corrected chi connectivity index (χ3v) is 6.15. The molecule has 2 heterocycles. The molecule has 140 valence electrons. The van der Waals surface area contributed by atoms with E-state index in [9.17, 15) is 0 Å². The van der Waals surface area contributed by atoms with Crippen LogP contribution in [0.15, 0.2) is 18.2 Å². The van der Waals surface area contributed by atoms with E-state index in [4.69, 9.17) is 26.8 Å². The number of methoxy groups -OCH3 is 2. The normalized spacial score (nSPS) is 22.6. The maximum atomic E-state index is 5.65. The Balaban J connectivity index is 1.60. The minimum atomic E-state index is 0.393. The van der Waals surface area contributed by atoms with Gasteiger partial charge in [-0.05, 0) is 37.2 Å². The lowest BCUT2D eigenvalue weighted by Gasteiger charge is -2.23. The zero-order valence-corrected chi connectivity index (χ0v) is 16.5. The number of nitrogens with one attached hydrogen (secondary N) is 1. The molecule has 2 fully saturated rings. The summed E-state index contributed by atoms with van der Waals surface area (Å²) < 4.78 is 15.9. The predicted octanol–water partition coefficient (Wildman–Crippen LogP) is 2.22. The number of ether oxygens (including phenoxy) is 2. The van der Waals surface area contributed by atoms with Crippen molar-refractivity contribution >= 4 is 12.2 Å². The topological polar surface area (TPSA) is 45.7 Å². The molecule has 2 atom stereocenters. The lowest BCUT2D eigenvalue weighted by atomic mass is 10.0. The van der Waals surface area contributed by atoms with Gasteiger partial charge in [0.05, 0.1) is 26.3 Å². The van der Waals surface area contributed by atoms with Crippen molar-refractivity contribution in [3.05, 3.63) is 34.4 Å². The average Bonchev–Trinajstić information content (AvgIpc) is 3.35. The van der Waals surface area contributed by atoms with Crippen LogP contribution in [0.1, 0.15) is 49.0 Å². The molecule has 26 heavy (non-hydrogen) atoms. The first-order valence-corrected chi connectivity index (χ1v) is 9.73.